The fraction of sp³-hybridized carbons (Fsp3) is 0.222. The topological polar surface area (TPSA) is 78.6 Å². The van der Waals surface area contributed by atoms with Crippen molar-refractivity contribution in [3.63, 3.8) is 0 Å². The summed E-state index contributed by atoms with van der Waals surface area (Å²) in [5.74, 6) is 0. The number of nitrogens with one attached hydrogen (secondary N) is 1. The van der Waals surface area contributed by atoms with Gasteiger partial charge in [0.05, 0.1) is 11.4 Å². The van der Waals surface area contributed by atoms with Gasteiger partial charge in [-0.15, -0.1) is 0 Å². The first-order chi connectivity index (χ1) is 7.04. The van der Waals surface area contributed by atoms with Crippen molar-refractivity contribution in [3.05, 3.63) is 22.7 Å². The number of carbonyl (C=O) groups is 1. The highest BCUT2D eigenvalue weighted by Crippen LogP contribution is 2.23. The molecule has 4 N–H and O–H groups in total. The molecule has 0 aromatic heterocycles. The van der Waals surface area contributed by atoms with E-state index in [9.17, 15) is 4.79 Å². The van der Waals surface area contributed by atoms with Gasteiger partial charge in [-0.05, 0) is 25.1 Å². The van der Waals surface area contributed by atoms with E-state index < -0.39 is 6.09 Å². The molecule has 1 aromatic rings. The largest absolute Gasteiger partial charge is 0.464 e. The Balaban J connectivity index is 2.87. The Morgan fingerprint density at radius 1 is 1.67 bits per heavy atom. The van der Waals surface area contributed by atoms with Crippen molar-refractivity contribution in [3.8, 4) is 0 Å². The maximum Gasteiger partial charge on any atom is 0.426 e. The van der Waals surface area contributed by atoms with E-state index >= 15 is 0 Å². The van der Waals surface area contributed by atoms with Crippen molar-refractivity contribution in [2.75, 3.05) is 17.7 Å². The molecule has 1 amide bonds. The molecule has 1 aromatic carbocycles. The molecule has 0 saturated carbocycles. The number of nitrogen functional groups attached to an aromatic ring is 1. The maximum atomic E-state index is 10.7. The summed E-state index contributed by atoms with van der Waals surface area (Å²) >= 11 is 3.28. The van der Waals surface area contributed by atoms with Gasteiger partial charge in [-0.25, -0.2) is 9.80 Å². The number of halogens is 1. The minimum Gasteiger partial charge on any atom is -0.464 e. The number of anilines is 2. The van der Waals surface area contributed by atoms with Crippen LogP contribution in [0.2, 0.25) is 0 Å². The molecular weight excluding hydrogens is 262 g/mol. The first kappa shape index (κ1) is 11.6. The molecular formula is C9H12BrN3O2. The number of nitrogens with zero attached hydrogens (tertiary/aromatic N) is 1. The molecule has 0 radical (unpaired) electrons. The molecule has 0 fully saturated rings. The molecule has 5 nitrogen and oxygen atoms in total. The van der Waals surface area contributed by atoms with E-state index in [1.54, 1.807) is 25.1 Å². The highest BCUT2D eigenvalue weighted by molar-refractivity contribution is 9.10. The Morgan fingerprint density at radius 3 is 2.87 bits per heavy atom. The number of amides is 1. The van der Waals surface area contributed by atoms with Crippen molar-refractivity contribution >= 4 is 33.4 Å². The van der Waals surface area contributed by atoms with Crippen LogP contribution < -0.4 is 11.2 Å². The number of hydrazine groups is 1. The molecule has 0 aliphatic carbocycles. The summed E-state index contributed by atoms with van der Waals surface area (Å²) < 4.78 is 0.834. The van der Waals surface area contributed by atoms with Crippen molar-refractivity contribution in [1.82, 2.24) is 5.01 Å². The second-order valence-electron chi connectivity index (χ2n) is 2.87. The van der Waals surface area contributed by atoms with Gasteiger partial charge in [0, 0.05) is 11.0 Å². The van der Waals surface area contributed by atoms with Crippen LogP contribution in [0.3, 0.4) is 0 Å². The SMILES string of the molecule is CCN(Nc1cc(Br)ccc1N)C(=O)O. The maximum absolute atomic E-state index is 10.7. The minimum absolute atomic E-state index is 0.335. The Bertz CT molecular complexity index is 370. The predicted molar refractivity (Wildman–Crippen MR) is 62.6 cm³/mol. The second kappa shape index (κ2) is 4.88. The Morgan fingerprint density at radius 2 is 2.33 bits per heavy atom. The number of benzene rings is 1. The van der Waals surface area contributed by atoms with Crippen molar-refractivity contribution in [2.24, 2.45) is 0 Å². The van der Waals surface area contributed by atoms with E-state index in [0.717, 1.165) is 9.48 Å². The zero-order valence-corrected chi connectivity index (χ0v) is 9.78. The zero-order valence-electron chi connectivity index (χ0n) is 8.20. The molecule has 6 heteroatoms. The molecule has 1 rings (SSSR count). The van der Waals surface area contributed by atoms with Crippen molar-refractivity contribution in [1.29, 1.82) is 0 Å². The molecule has 0 aliphatic heterocycles. The van der Waals surface area contributed by atoms with Gasteiger partial charge in [-0.2, -0.15) is 0 Å². The van der Waals surface area contributed by atoms with Crippen LogP contribution >= 0.6 is 15.9 Å². The Labute approximate surface area is 96.0 Å². The van der Waals surface area contributed by atoms with Gasteiger partial charge in [0.15, 0.2) is 0 Å². The lowest BCUT2D eigenvalue weighted by molar-refractivity contribution is 0.157. The summed E-state index contributed by atoms with van der Waals surface area (Å²) in [5.41, 5.74) is 9.47. The van der Waals surface area contributed by atoms with Crippen LogP contribution in [0.15, 0.2) is 22.7 Å². The highest BCUT2D eigenvalue weighted by Gasteiger charge is 2.10. The summed E-state index contributed by atoms with van der Waals surface area (Å²) in [6.45, 7) is 2.07. The first-order valence-electron chi connectivity index (χ1n) is 4.36. The smallest absolute Gasteiger partial charge is 0.426 e. The fourth-order valence-electron chi connectivity index (χ4n) is 1.03. The summed E-state index contributed by atoms with van der Waals surface area (Å²) in [6, 6.07) is 5.21. The van der Waals surface area contributed by atoms with Crippen LogP contribution in [-0.2, 0) is 0 Å². The number of nitrogens with two attached hydrogens (primary N) is 1. The van der Waals surface area contributed by atoms with Gasteiger partial charge in [0.2, 0.25) is 0 Å². The normalized spacial score (nSPS) is 9.73. The third kappa shape index (κ3) is 3.02. The molecule has 0 saturated heterocycles. The first-order valence-corrected chi connectivity index (χ1v) is 5.16. The number of carboxylic acid groups (broad SMARTS) is 1. The van der Waals surface area contributed by atoms with Gasteiger partial charge in [0.1, 0.15) is 0 Å². The molecule has 0 heterocycles. The predicted octanol–water partition coefficient (Wildman–Crippen LogP) is 2.36. The second-order valence-corrected chi connectivity index (χ2v) is 3.79. The number of hydrogen-bond donors (Lipinski definition) is 3. The Kier molecular flexibility index (Phi) is 3.79. The number of rotatable bonds is 3. The average molecular weight is 274 g/mol. The van der Waals surface area contributed by atoms with E-state index in [1.807, 2.05) is 0 Å². The van der Waals surface area contributed by atoms with E-state index in [1.165, 1.54) is 0 Å². The van der Waals surface area contributed by atoms with Crippen LogP contribution in [0, 0.1) is 0 Å². The van der Waals surface area contributed by atoms with Gasteiger partial charge < -0.3 is 10.8 Å². The summed E-state index contributed by atoms with van der Waals surface area (Å²) in [5, 5.41) is 9.86. The highest BCUT2D eigenvalue weighted by atomic mass is 79.9. The minimum atomic E-state index is -1.04. The van der Waals surface area contributed by atoms with Crippen LogP contribution in [0.25, 0.3) is 0 Å². The van der Waals surface area contributed by atoms with Crippen LogP contribution in [0.4, 0.5) is 16.2 Å². The molecule has 0 bridgehead atoms. The van der Waals surface area contributed by atoms with Crippen molar-refractivity contribution in [2.45, 2.75) is 6.92 Å². The van der Waals surface area contributed by atoms with Crippen LogP contribution in [0.1, 0.15) is 6.92 Å². The number of hydrogen-bond acceptors (Lipinski definition) is 3. The molecule has 0 atom stereocenters. The van der Waals surface area contributed by atoms with Crippen LogP contribution in [0.5, 0.6) is 0 Å². The third-order valence-corrected chi connectivity index (χ3v) is 2.31. The van der Waals surface area contributed by atoms with E-state index in [4.69, 9.17) is 10.8 Å². The van der Waals surface area contributed by atoms with Crippen LogP contribution in [-0.4, -0.2) is 22.8 Å². The summed E-state index contributed by atoms with van der Waals surface area (Å²) in [4.78, 5) is 10.7. The van der Waals surface area contributed by atoms with E-state index in [0.29, 0.717) is 17.9 Å². The molecule has 0 aliphatic rings. The average Bonchev–Trinajstić information content (AvgIpc) is 2.18. The summed E-state index contributed by atoms with van der Waals surface area (Å²) in [6.07, 6.45) is -1.04. The lowest BCUT2D eigenvalue weighted by atomic mass is 10.3. The standard InChI is InChI=1S/C9H12BrN3O2/c1-2-13(9(14)15)12-8-5-6(10)3-4-7(8)11/h3-5,12H,2,11H2,1H3,(H,14,15). The molecule has 0 unspecified atom stereocenters. The van der Waals surface area contributed by atoms with Gasteiger partial charge >= 0.3 is 6.09 Å². The molecule has 82 valence electrons. The van der Waals surface area contributed by atoms with E-state index in [-0.39, 0.29) is 0 Å². The van der Waals surface area contributed by atoms with Gasteiger partial charge in [0.25, 0.3) is 0 Å². The van der Waals surface area contributed by atoms with Gasteiger partial charge in [-0.3, -0.25) is 5.43 Å². The third-order valence-electron chi connectivity index (χ3n) is 1.82. The quantitative estimate of drug-likeness (QED) is 0.584. The monoisotopic (exact) mass is 273 g/mol. The molecule has 15 heavy (non-hydrogen) atoms. The zero-order chi connectivity index (χ0) is 11.4. The Hall–Kier alpha value is -1.43. The van der Waals surface area contributed by atoms with Crippen molar-refractivity contribution < 1.29 is 9.90 Å². The molecule has 0 spiro atoms. The summed E-state index contributed by atoms with van der Waals surface area (Å²) in [7, 11) is 0. The van der Waals surface area contributed by atoms with E-state index in [2.05, 4.69) is 21.4 Å². The fourth-order valence-corrected chi connectivity index (χ4v) is 1.39. The lowest BCUT2D eigenvalue weighted by Gasteiger charge is -2.20. The van der Waals surface area contributed by atoms with Gasteiger partial charge in [-0.1, -0.05) is 15.9 Å². The lowest BCUT2D eigenvalue weighted by Crippen LogP contribution is -2.34.